The molecule has 0 aromatic heterocycles. The first-order valence-corrected chi connectivity index (χ1v) is 4.18. The molecule has 1 fully saturated rings. The third-order valence-corrected chi connectivity index (χ3v) is 2.06. The third-order valence-electron chi connectivity index (χ3n) is 2.06. The quantitative estimate of drug-likeness (QED) is 0.647. The Kier molecular flexibility index (Phi) is 2.23. The van der Waals surface area contributed by atoms with Crippen molar-refractivity contribution in [1.29, 1.82) is 0 Å². The van der Waals surface area contributed by atoms with Crippen molar-refractivity contribution in [2.75, 3.05) is 13.2 Å². The largest absolute Gasteiger partial charge is 0.351 e. The van der Waals surface area contributed by atoms with Crippen LogP contribution in [0.25, 0.3) is 0 Å². The first-order valence-electron chi connectivity index (χ1n) is 4.18. The van der Waals surface area contributed by atoms with E-state index >= 15 is 0 Å². The van der Waals surface area contributed by atoms with E-state index in [0.717, 1.165) is 5.56 Å². The predicted molar refractivity (Wildman–Crippen MR) is 47.6 cm³/mol. The number of nitroso groups, excluding NO2 is 1. The molecule has 0 amide bonds. The summed E-state index contributed by atoms with van der Waals surface area (Å²) in [5, 5.41) is 4.32. The molecule has 1 aliphatic rings. The van der Waals surface area contributed by atoms with Gasteiger partial charge in [-0.1, -0.05) is 30.3 Å². The van der Waals surface area contributed by atoms with E-state index in [0.29, 0.717) is 13.2 Å². The minimum atomic E-state index is -0.293. The monoisotopic (exact) mass is 178 g/mol. The van der Waals surface area contributed by atoms with Crippen LogP contribution >= 0.6 is 0 Å². The summed E-state index contributed by atoms with van der Waals surface area (Å²) in [4.78, 5) is 10.4. The Morgan fingerprint density at radius 1 is 1.38 bits per heavy atom. The minimum absolute atomic E-state index is 0.293. The van der Waals surface area contributed by atoms with Gasteiger partial charge < -0.3 is 4.74 Å². The Hall–Kier alpha value is -1.42. The van der Waals surface area contributed by atoms with Gasteiger partial charge in [0.1, 0.15) is 0 Å². The van der Waals surface area contributed by atoms with E-state index in [4.69, 9.17) is 4.74 Å². The highest BCUT2D eigenvalue weighted by molar-refractivity contribution is 5.17. The van der Waals surface area contributed by atoms with Crippen LogP contribution < -0.4 is 0 Å². The van der Waals surface area contributed by atoms with Crippen LogP contribution in [0, 0.1) is 4.91 Å². The number of hydrogen-bond acceptors (Lipinski definition) is 3. The molecule has 1 atom stereocenters. The summed E-state index contributed by atoms with van der Waals surface area (Å²) in [5.74, 6) is 0. The zero-order valence-corrected chi connectivity index (χ0v) is 7.09. The number of hydrogen-bond donors (Lipinski definition) is 0. The molecule has 1 saturated heterocycles. The highest BCUT2D eigenvalue weighted by Gasteiger charge is 2.26. The SMILES string of the molecule is O=NN1CCOC1c1ccccc1. The molecule has 2 rings (SSSR count). The van der Waals surface area contributed by atoms with Crippen LogP contribution in [0.5, 0.6) is 0 Å². The van der Waals surface area contributed by atoms with Crippen LogP contribution in [-0.2, 0) is 4.74 Å². The lowest BCUT2D eigenvalue weighted by Gasteiger charge is -2.16. The van der Waals surface area contributed by atoms with E-state index in [1.54, 1.807) is 0 Å². The second-order valence-corrected chi connectivity index (χ2v) is 2.88. The molecule has 1 aromatic carbocycles. The summed E-state index contributed by atoms with van der Waals surface area (Å²) in [6.45, 7) is 1.13. The highest BCUT2D eigenvalue weighted by Crippen LogP contribution is 2.26. The lowest BCUT2D eigenvalue weighted by molar-refractivity contribution is 0.0330. The molecule has 68 valence electrons. The Labute approximate surface area is 76.1 Å². The van der Waals surface area contributed by atoms with Crippen LogP contribution in [0.15, 0.2) is 35.6 Å². The summed E-state index contributed by atoms with van der Waals surface area (Å²) in [7, 11) is 0. The van der Waals surface area contributed by atoms with Gasteiger partial charge in [-0.25, -0.2) is 5.01 Å². The Morgan fingerprint density at radius 2 is 2.15 bits per heavy atom. The molecule has 1 aromatic rings. The van der Waals surface area contributed by atoms with E-state index in [1.807, 2.05) is 30.3 Å². The summed E-state index contributed by atoms with van der Waals surface area (Å²) >= 11 is 0. The normalized spacial score (nSPS) is 21.8. The van der Waals surface area contributed by atoms with Crippen molar-refractivity contribution in [3.8, 4) is 0 Å². The summed E-state index contributed by atoms with van der Waals surface area (Å²) in [5.41, 5.74) is 0.972. The van der Waals surface area contributed by atoms with Crippen molar-refractivity contribution < 1.29 is 4.74 Å². The van der Waals surface area contributed by atoms with Crippen LogP contribution in [0.3, 0.4) is 0 Å². The summed E-state index contributed by atoms with van der Waals surface area (Å²) in [6, 6.07) is 9.61. The maximum absolute atomic E-state index is 10.4. The molecule has 13 heavy (non-hydrogen) atoms. The predicted octanol–water partition coefficient (Wildman–Crippen LogP) is 1.70. The fourth-order valence-corrected chi connectivity index (χ4v) is 1.43. The molecule has 0 saturated carbocycles. The smallest absolute Gasteiger partial charge is 0.174 e. The molecule has 0 radical (unpaired) electrons. The van der Waals surface area contributed by atoms with Crippen molar-refractivity contribution in [2.45, 2.75) is 6.23 Å². The summed E-state index contributed by atoms with van der Waals surface area (Å²) < 4.78 is 5.37. The molecule has 0 N–H and O–H groups in total. The van der Waals surface area contributed by atoms with Crippen molar-refractivity contribution >= 4 is 0 Å². The van der Waals surface area contributed by atoms with Gasteiger partial charge in [0, 0.05) is 5.56 Å². The molecular formula is C9H10N2O2. The lowest BCUT2D eigenvalue weighted by Crippen LogP contribution is -2.16. The van der Waals surface area contributed by atoms with Crippen molar-refractivity contribution in [1.82, 2.24) is 5.01 Å². The second kappa shape index (κ2) is 3.53. The maximum Gasteiger partial charge on any atom is 0.174 e. The Balaban J connectivity index is 2.21. The van der Waals surface area contributed by atoms with Gasteiger partial charge in [0.15, 0.2) is 6.23 Å². The molecule has 4 heteroatoms. The average Bonchev–Trinajstić information content (AvgIpc) is 2.67. The van der Waals surface area contributed by atoms with Crippen molar-refractivity contribution in [2.24, 2.45) is 5.29 Å². The fourth-order valence-electron chi connectivity index (χ4n) is 1.43. The third kappa shape index (κ3) is 1.53. The van der Waals surface area contributed by atoms with E-state index in [-0.39, 0.29) is 6.23 Å². The van der Waals surface area contributed by atoms with Gasteiger partial charge in [0.05, 0.1) is 18.4 Å². The van der Waals surface area contributed by atoms with Crippen LogP contribution in [-0.4, -0.2) is 18.2 Å². The molecule has 1 aliphatic heterocycles. The Bertz CT molecular complexity index is 289. The lowest BCUT2D eigenvalue weighted by atomic mass is 10.2. The first-order chi connectivity index (χ1) is 6.42. The van der Waals surface area contributed by atoms with E-state index in [9.17, 15) is 4.91 Å². The topological polar surface area (TPSA) is 41.9 Å². The Morgan fingerprint density at radius 3 is 2.85 bits per heavy atom. The number of benzene rings is 1. The maximum atomic E-state index is 10.4. The van der Waals surface area contributed by atoms with Gasteiger partial charge >= 0.3 is 0 Å². The zero-order valence-electron chi connectivity index (χ0n) is 7.09. The minimum Gasteiger partial charge on any atom is -0.351 e. The number of ether oxygens (including phenoxy) is 1. The van der Waals surface area contributed by atoms with Gasteiger partial charge in [0.2, 0.25) is 0 Å². The standard InChI is InChI=1S/C9H10N2O2/c12-10-11-6-7-13-9(11)8-4-2-1-3-5-8/h1-5,9H,6-7H2. The van der Waals surface area contributed by atoms with Crippen LogP contribution in [0.4, 0.5) is 0 Å². The van der Waals surface area contributed by atoms with Gasteiger partial charge in [0.25, 0.3) is 0 Å². The molecule has 0 bridgehead atoms. The van der Waals surface area contributed by atoms with E-state index < -0.39 is 0 Å². The van der Waals surface area contributed by atoms with Crippen molar-refractivity contribution in [3.63, 3.8) is 0 Å². The number of nitrogens with zero attached hydrogens (tertiary/aromatic N) is 2. The van der Waals surface area contributed by atoms with E-state index in [1.165, 1.54) is 5.01 Å². The molecule has 4 nitrogen and oxygen atoms in total. The van der Waals surface area contributed by atoms with Gasteiger partial charge in [-0.05, 0) is 0 Å². The molecule has 0 aliphatic carbocycles. The highest BCUT2D eigenvalue weighted by atomic mass is 16.5. The second-order valence-electron chi connectivity index (χ2n) is 2.88. The van der Waals surface area contributed by atoms with Gasteiger partial charge in [-0.2, -0.15) is 0 Å². The molecule has 1 unspecified atom stereocenters. The van der Waals surface area contributed by atoms with Crippen LogP contribution in [0.2, 0.25) is 0 Å². The molecular weight excluding hydrogens is 168 g/mol. The molecule has 1 heterocycles. The zero-order chi connectivity index (χ0) is 9.10. The van der Waals surface area contributed by atoms with E-state index in [2.05, 4.69) is 5.29 Å². The van der Waals surface area contributed by atoms with Crippen molar-refractivity contribution in [3.05, 3.63) is 40.8 Å². The van der Waals surface area contributed by atoms with Gasteiger partial charge in [-0.15, -0.1) is 4.91 Å². The molecule has 0 spiro atoms. The number of rotatable bonds is 2. The average molecular weight is 178 g/mol. The fraction of sp³-hybridized carbons (Fsp3) is 0.333. The summed E-state index contributed by atoms with van der Waals surface area (Å²) in [6.07, 6.45) is -0.293. The first kappa shape index (κ1) is 8.19. The van der Waals surface area contributed by atoms with Crippen LogP contribution in [0.1, 0.15) is 11.8 Å². The van der Waals surface area contributed by atoms with Gasteiger partial charge in [-0.3, -0.25) is 0 Å².